The van der Waals surface area contributed by atoms with E-state index in [1.165, 1.54) is 11.1 Å². The van der Waals surface area contributed by atoms with E-state index in [4.69, 9.17) is 4.74 Å². The smallest absolute Gasteiger partial charge is 0.235 e. The van der Waals surface area contributed by atoms with Gasteiger partial charge in [0.2, 0.25) is 5.88 Å². The van der Waals surface area contributed by atoms with E-state index in [0.717, 1.165) is 17.8 Å². The molecule has 0 aliphatic heterocycles. The molecule has 19 heavy (non-hydrogen) atoms. The van der Waals surface area contributed by atoms with Gasteiger partial charge in [0.25, 0.3) is 0 Å². The Hall–Kier alpha value is -2.10. The molecule has 4 heteroatoms. The number of nitrogens with one attached hydrogen (secondary N) is 1. The average molecular weight is 257 g/mol. The van der Waals surface area contributed by atoms with Crippen molar-refractivity contribution in [2.45, 2.75) is 26.9 Å². The van der Waals surface area contributed by atoms with Crippen LogP contribution in [-0.4, -0.2) is 17.0 Å². The van der Waals surface area contributed by atoms with E-state index < -0.39 is 0 Å². The van der Waals surface area contributed by atoms with Crippen molar-refractivity contribution in [1.82, 2.24) is 9.97 Å². The summed E-state index contributed by atoms with van der Waals surface area (Å²) in [6.45, 7) is 4.54. The highest BCUT2D eigenvalue weighted by Gasteiger charge is 2.09. The van der Waals surface area contributed by atoms with E-state index >= 15 is 0 Å². The van der Waals surface area contributed by atoms with Crippen LogP contribution in [0.1, 0.15) is 23.7 Å². The Morgan fingerprint density at radius 3 is 2.68 bits per heavy atom. The SMILES string of the molecule is CCc1cccc(NC)c1COc1nccnc1C. The maximum atomic E-state index is 5.79. The molecule has 2 aromatic rings. The fourth-order valence-corrected chi connectivity index (χ4v) is 2.05. The summed E-state index contributed by atoms with van der Waals surface area (Å²) in [4.78, 5) is 8.37. The molecule has 2 rings (SSSR count). The number of aromatic nitrogens is 2. The number of rotatable bonds is 5. The standard InChI is InChI=1S/C15H19N3O/c1-4-12-6-5-7-14(16-3)13(12)10-19-15-11(2)17-8-9-18-15/h5-9,16H,4,10H2,1-3H3. The van der Waals surface area contributed by atoms with Gasteiger partial charge in [-0.25, -0.2) is 4.98 Å². The first-order chi connectivity index (χ1) is 9.26. The second kappa shape index (κ2) is 6.18. The molecule has 0 radical (unpaired) electrons. The quantitative estimate of drug-likeness (QED) is 0.894. The number of anilines is 1. The van der Waals surface area contributed by atoms with Gasteiger partial charge in [-0.3, -0.25) is 4.98 Å². The molecule has 0 saturated carbocycles. The third-order valence-corrected chi connectivity index (χ3v) is 3.11. The molecule has 0 unspecified atom stereocenters. The van der Waals surface area contributed by atoms with Crippen molar-refractivity contribution in [2.24, 2.45) is 0 Å². The predicted octanol–water partition coefficient (Wildman–Crippen LogP) is 2.97. The molecule has 1 aromatic carbocycles. The number of hydrogen-bond acceptors (Lipinski definition) is 4. The van der Waals surface area contributed by atoms with Crippen molar-refractivity contribution >= 4 is 5.69 Å². The van der Waals surface area contributed by atoms with E-state index in [9.17, 15) is 0 Å². The lowest BCUT2D eigenvalue weighted by molar-refractivity contribution is 0.289. The van der Waals surface area contributed by atoms with Crippen LogP contribution in [0, 0.1) is 6.92 Å². The van der Waals surface area contributed by atoms with Crippen LogP contribution >= 0.6 is 0 Å². The van der Waals surface area contributed by atoms with E-state index in [1.807, 2.05) is 14.0 Å². The molecule has 0 saturated heterocycles. The van der Waals surface area contributed by atoms with Crippen LogP contribution in [-0.2, 0) is 13.0 Å². The zero-order chi connectivity index (χ0) is 13.7. The molecule has 0 spiro atoms. The largest absolute Gasteiger partial charge is 0.471 e. The highest BCUT2D eigenvalue weighted by Crippen LogP contribution is 2.22. The van der Waals surface area contributed by atoms with E-state index in [1.54, 1.807) is 12.4 Å². The molecular formula is C15H19N3O. The van der Waals surface area contributed by atoms with Gasteiger partial charge < -0.3 is 10.1 Å². The number of benzene rings is 1. The second-order valence-corrected chi connectivity index (χ2v) is 4.28. The van der Waals surface area contributed by atoms with Crippen molar-refractivity contribution in [1.29, 1.82) is 0 Å². The maximum absolute atomic E-state index is 5.79. The summed E-state index contributed by atoms with van der Waals surface area (Å²) in [5.41, 5.74) is 4.37. The van der Waals surface area contributed by atoms with Gasteiger partial charge in [0.15, 0.2) is 0 Å². The first-order valence-electron chi connectivity index (χ1n) is 6.45. The topological polar surface area (TPSA) is 47.0 Å². The first kappa shape index (κ1) is 13.3. The number of ether oxygens (including phenoxy) is 1. The summed E-state index contributed by atoms with van der Waals surface area (Å²) < 4.78 is 5.79. The van der Waals surface area contributed by atoms with Crippen LogP contribution in [0.4, 0.5) is 5.69 Å². The Labute approximate surface area is 113 Å². The van der Waals surface area contributed by atoms with Crippen LogP contribution in [0.2, 0.25) is 0 Å². The minimum atomic E-state index is 0.500. The molecule has 1 heterocycles. The summed E-state index contributed by atoms with van der Waals surface area (Å²) in [6, 6.07) is 6.24. The first-order valence-corrected chi connectivity index (χ1v) is 6.45. The molecule has 0 fully saturated rings. The van der Waals surface area contributed by atoms with Crippen LogP contribution < -0.4 is 10.1 Å². The summed E-state index contributed by atoms with van der Waals surface area (Å²) in [7, 11) is 1.92. The van der Waals surface area contributed by atoms with Gasteiger partial charge in [-0.1, -0.05) is 19.1 Å². The molecule has 0 bridgehead atoms. The molecule has 0 amide bonds. The van der Waals surface area contributed by atoms with Crippen molar-refractivity contribution in [3.8, 4) is 5.88 Å². The number of aryl methyl sites for hydroxylation is 2. The van der Waals surface area contributed by atoms with Gasteiger partial charge >= 0.3 is 0 Å². The van der Waals surface area contributed by atoms with Gasteiger partial charge in [0.05, 0.1) is 5.69 Å². The summed E-state index contributed by atoms with van der Waals surface area (Å²) in [5, 5.41) is 3.21. The molecule has 0 aliphatic carbocycles. The maximum Gasteiger partial charge on any atom is 0.235 e. The monoisotopic (exact) mass is 257 g/mol. The third-order valence-electron chi connectivity index (χ3n) is 3.11. The highest BCUT2D eigenvalue weighted by atomic mass is 16.5. The fraction of sp³-hybridized carbons (Fsp3) is 0.333. The van der Waals surface area contributed by atoms with Crippen molar-refractivity contribution in [2.75, 3.05) is 12.4 Å². The zero-order valence-corrected chi connectivity index (χ0v) is 11.6. The van der Waals surface area contributed by atoms with Crippen molar-refractivity contribution in [3.63, 3.8) is 0 Å². The highest BCUT2D eigenvalue weighted by molar-refractivity contribution is 5.54. The van der Waals surface area contributed by atoms with Gasteiger partial charge in [-0.2, -0.15) is 0 Å². The average Bonchev–Trinajstić information content (AvgIpc) is 2.46. The number of hydrogen-bond donors (Lipinski definition) is 1. The Balaban J connectivity index is 2.21. The van der Waals surface area contributed by atoms with Crippen molar-refractivity contribution < 1.29 is 4.74 Å². The molecular weight excluding hydrogens is 238 g/mol. The molecule has 0 atom stereocenters. The molecule has 4 nitrogen and oxygen atoms in total. The summed E-state index contributed by atoms with van der Waals surface area (Å²) >= 11 is 0. The Kier molecular flexibility index (Phi) is 4.34. The predicted molar refractivity (Wildman–Crippen MR) is 76.5 cm³/mol. The fourth-order valence-electron chi connectivity index (χ4n) is 2.05. The Bertz CT molecular complexity index is 533. The van der Waals surface area contributed by atoms with Crippen molar-refractivity contribution in [3.05, 3.63) is 47.4 Å². The molecule has 1 aromatic heterocycles. The van der Waals surface area contributed by atoms with Gasteiger partial charge in [0.1, 0.15) is 6.61 Å². The van der Waals surface area contributed by atoms with Gasteiger partial charge in [0, 0.05) is 30.7 Å². The van der Waals surface area contributed by atoms with E-state index in [2.05, 4.69) is 40.4 Å². The van der Waals surface area contributed by atoms with Gasteiger partial charge in [-0.15, -0.1) is 0 Å². The Morgan fingerprint density at radius 2 is 2.00 bits per heavy atom. The van der Waals surface area contributed by atoms with E-state index in [-0.39, 0.29) is 0 Å². The van der Waals surface area contributed by atoms with E-state index in [0.29, 0.717) is 12.5 Å². The minimum Gasteiger partial charge on any atom is -0.471 e. The molecule has 1 N–H and O–H groups in total. The second-order valence-electron chi connectivity index (χ2n) is 4.28. The molecule has 100 valence electrons. The summed E-state index contributed by atoms with van der Waals surface area (Å²) in [5.74, 6) is 0.593. The molecule has 0 aliphatic rings. The van der Waals surface area contributed by atoms with Crippen LogP contribution in [0.3, 0.4) is 0 Å². The summed E-state index contributed by atoms with van der Waals surface area (Å²) in [6.07, 6.45) is 4.29. The van der Waals surface area contributed by atoms with Crippen LogP contribution in [0.25, 0.3) is 0 Å². The lowest BCUT2D eigenvalue weighted by Crippen LogP contribution is -2.06. The lowest BCUT2D eigenvalue weighted by atomic mass is 10.0. The normalized spacial score (nSPS) is 10.3. The van der Waals surface area contributed by atoms with Crippen LogP contribution in [0.5, 0.6) is 5.88 Å². The zero-order valence-electron chi connectivity index (χ0n) is 11.6. The number of nitrogens with zero attached hydrogens (tertiary/aromatic N) is 2. The van der Waals surface area contributed by atoms with Gasteiger partial charge in [-0.05, 0) is 25.0 Å². The third kappa shape index (κ3) is 3.02. The van der Waals surface area contributed by atoms with Crippen LogP contribution in [0.15, 0.2) is 30.6 Å². The minimum absolute atomic E-state index is 0.500. The Morgan fingerprint density at radius 1 is 1.21 bits per heavy atom. The lowest BCUT2D eigenvalue weighted by Gasteiger charge is -2.14.